The normalized spacial score (nSPS) is 17.4. The molecule has 108 valence electrons. The summed E-state index contributed by atoms with van der Waals surface area (Å²) >= 11 is 0. The first-order chi connectivity index (χ1) is 10.3. The standard InChI is InChI=1S/C17H17NO3/c1-2-20-17(19)16-11-15(18-21-16)10-12-7-8-13-5-3-4-6-14(13)9-12/h3-9,16H,2,10-11H2,1H3. The maximum absolute atomic E-state index is 11.6. The van der Waals surface area contributed by atoms with Gasteiger partial charge in [0, 0.05) is 12.8 Å². The molecule has 1 unspecified atom stereocenters. The number of ether oxygens (including phenoxy) is 1. The highest BCUT2D eigenvalue weighted by Gasteiger charge is 2.29. The fourth-order valence-corrected chi connectivity index (χ4v) is 2.48. The summed E-state index contributed by atoms with van der Waals surface area (Å²) in [6.07, 6.45) is 0.618. The summed E-state index contributed by atoms with van der Waals surface area (Å²) in [5.41, 5.74) is 2.05. The molecule has 1 heterocycles. The number of oxime groups is 1. The number of carbonyl (C=O) groups is 1. The van der Waals surface area contributed by atoms with Crippen molar-refractivity contribution in [1.82, 2.24) is 0 Å². The largest absolute Gasteiger partial charge is 0.463 e. The summed E-state index contributed by atoms with van der Waals surface area (Å²) in [5, 5.41) is 6.43. The van der Waals surface area contributed by atoms with E-state index in [1.54, 1.807) is 6.92 Å². The van der Waals surface area contributed by atoms with Crippen molar-refractivity contribution in [2.45, 2.75) is 25.9 Å². The molecule has 2 aromatic rings. The van der Waals surface area contributed by atoms with Crippen LogP contribution in [0.5, 0.6) is 0 Å². The SMILES string of the molecule is CCOC(=O)C1CC(Cc2ccc3ccccc3c2)=NO1. The molecule has 4 nitrogen and oxygen atoms in total. The molecule has 21 heavy (non-hydrogen) atoms. The van der Waals surface area contributed by atoms with E-state index in [0.29, 0.717) is 19.4 Å². The number of hydrogen-bond donors (Lipinski definition) is 0. The predicted octanol–water partition coefficient (Wildman–Crippen LogP) is 3.09. The van der Waals surface area contributed by atoms with Gasteiger partial charge < -0.3 is 9.57 Å². The van der Waals surface area contributed by atoms with Crippen LogP contribution in [-0.2, 0) is 20.8 Å². The van der Waals surface area contributed by atoms with Crippen LogP contribution >= 0.6 is 0 Å². The van der Waals surface area contributed by atoms with Gasteiger partial charge in [-0.05, 0) is 23.3 Å². The second kappa shape index (κ2) is 5.95. The summed E-state index contributed by atoms with van der Waals surface area (Å²) in [4.78, 5) is 16.8. The van der Waals surface area contributed by atoms with E-state index < -0.39 is 6.10 Å². The molecular weight excluding hydrogens is 266 g/mol. The van der Waals surface area contributed by atoms with E-state index in [1.165, 1.54) is 16.3 Å². The van der Waals surface area contributed by atoms with Gasteiger partial charge in [0.15, 0.2) is 0 Å². The highest BCUT2D eigenvalue weighted by atomic mass is 16.7. The molecule has 0 spiro atoms. The molecule has 1 aliphatic rings. The first-order valence-electron chi connectivity index (χ1n) is 7.12. The third kappa shape index (κ3) is 3.05. The van der Waals surface area contributed by atoms with Gasteiger partial charge >= 0.3 is 5.97 Å². The van der Waals surface area contributed by atoms with E-state index in [2.05, 4.69) is 35.5 Å². The number of benzene rings is 2. The Morgan fingerprint density at radius 2 is 2.10 bits per heavy atom. The first-order valence-corrected chi connectivity index (χ1v) is 7.12. The minimum absolute atomic E-state index is 0.338. The Balaban J connectivity index is 1.67. The Bertz CT molecular complexity index is 693. The highest BCUT2D eigenvalue weighted by molar-refractivity contribution is 5.93. The summed E-state index contributed by atoms with van der Waals surface area (Å²) in [6.45, 7) is 2.14. The highest BCUT2D eigenvalue weighted by Crippen LogP contribution is 2.19. The monoisotopic (exact) mass is 283 g/mol. The maximum Gasteiger partial charge on any atom is 0.350 e. The van der Waals surface area contributed by atoms with Gasteiger partial charge in [-0.15, -0.1) is 0 Å². The average molecular weight is 283 g/mol. The molecule has 0 fully saturated rings. The van der Waals surface area contributed by atoms with Crippen molar-refractivity contribution in [3.8, 4) is 0 Å². The molecule has 0 saturated heterocycles. The van der Waals surface area contributed by atoms with E-state index in [0.717, 1.165) is 5.71 Å². The quantitative estimate of drug-likeness (QED) is 0.810. The third-order valence-electron chi connectivity index (χ3n) is 3.50. The average Bonchev–Trinajstić information content (AvgIpc) is 2.96. The molecule has 0 saturated carbocycles. The first kappa shape index (κ1) is 13.6. The predicted molar refractivity (Wildman–Crippen MR) is 81.2 cm³/mol. The number of nitrogens with zero attached hydrogens (tertiary/aromatic N) is 1. The van der Waals surface area contributed by atoms with Crippen LogP contribution in [0.3, 0.4) is 0 Å². The molecule has 0 N–H and O–H groups in total. The fraction of sp³-hybridized carbons (Fsp3) is 0.294. The number of rotatable bonds is 4. The van der Waals surface area contributed by atoms with Gasteiger partial charge in [0.1, 0.15) is 0 Å². The zero-order chi connectivity index (χ0) is 14.7. The Hall–Kier alpha value is -2.36. The second-order valence-electron chi connectivity index (χ2n) is 5.07. The van der Waals surface area contributed by atoms with Crippen LogP contribution in [0.2, 0.25) is 0 Å². The second-order valence-corrected chi connectivity index (χ2v) is 5.07. The van der Waals surface area contributed by atoms with E-state index in [9.17, 15) is 4.79 Å². The van der Waals surface area contributed by atoms with Crippen molar-refractivity contribution < 1.29 is 14.4 Å². The van der Waals surface area contributed by atoms with Crippen molar-refractivity contribution >= 4 is 22.5 Å². The van der Waals surface area contributed by atoms with Crippen molar-refractivity contribution in [1.29, 1.82) is 0 Å². The summed E-state index contributed by atoms with van der Waals surface area (Å²) in [6, 6.07) is 14.6. The van der Waals surface area contributed by atoms with E-state index in [4.69, 9.17) is 9.57 Å². The lowest BCUT2D eigenvalue weighted by atomic mass is 10.0. The van der Waals surface area contributed by atoms with Crippen LogP contribution in [-0.4, -0.2) is 24.4 Å². The van der Waals surface area contributed by atoms with Crippen LogP contribution < -0.4 is 0 Å². The molecular formula is C17H17NO3. The summed E-state index contributed by atoms with van der Waals surface area (Å²) in [7, 11) is 0. The zero-order valence-electron chi connectivity index (χ0n) is 11.9. The molecule has 1 atom stereocenters. The van der Waals surface area contributed by atoms with Crippen molar-refractivity contribution in [2.24, 2.45) is 5.16 Å². The summed E-state index contributed by atoms with van der Waals surface area (Å²) in [5.74, 6) is -0.338. The maximum atomic E-state index is 11.6. The van der Waals surface area contributed by atoms with Crippen molar-refractivity contribution in [3.05, 3.63) is 48.0 Å². The lowest BCUT2D eigenvalue weighted by Crippen LogP contribution is -2.23. The van der Waals surface area contributed by atoms with Crippen LogP contribution in [0.1, 0.15) is 18.9 Å². The van der Waals surface area contributed by atoms with Crippen LogP contribution in [0.15, 0.2) is 47.6 Å². The number of fused-ring (bicyclic) bond motifs is 1. The van der Waals surface area contributed by atoms with Gasteiger partial charge in [0.2, 0.25) is 6.10 Å². The smallest absolute Gasteiger partial charge is 0.350 e. The Labute approximate surface area is 123 Å². The van der Waals surface area contributed by atoms with Crippen molar-refractivity contribution in [3.63, 3.8) is 0 Å². The van der Waals surface area contributed by atoms with Gasteiger partial charge in [0.25, 0.3) is 0 Å². The summed E-state index contributed by atoms with van der Waals surface area (Å²) < 4.78 is 4.94. The molecule has 0 aliphatic carbocycles. The molecule has 2 aromatic carbocycles. The van der Waals surface area contributed by atoms with Gasteiger partial charge in [-0.25, -0.2) is 4.79 Å². The van der Waals surface area contributed by atoms with Gasteiger partial charge in [-0.3, -0.25) is 0 Å². The minimum Gasteiger partial charge on any atom is -0.463 e. The third-order valence-corrected chi connectivity index (χ3v) is 3.50. The molecule has 1 aliphatic heterocycles. The van der Waals surface area contributed by atoms with Crippen molar-refractivity contribution in [2.75, 3.05) is 6.61 Å². The number of carbonyl (C=O) groups excluding carboxylic acids is 1. The lowest BCUT2D eigenvalue weighted by Gasteiger charge is -2.06. The number of hydrogen-bond acceptors (Lipinski definition) is 4. The lowest BCUT2D eigenvalue weighted by molar-refractivity contribution is -0.154. The molecule has 4 heteroatoms. The van der Waals surface area contributed by atoms with Gasteiger partial charge in [-0.2, -0.15) is 0 Å². The van der Waals surface area contributed by atoms with E-state index in [-0.39, 0.29) is 5.97 Å². The van der Waals surface area contributed by atoms with Crippen LogP contribution in [0.25, 0.3) is 10.8 Å². The minimum atomic E-state index is -0.583. The van der Waals surface area contributed by atoms with E-state index >= 15 is 0 Å². The van der Waals surface area contributed by atoms with Crippen LogP contribution in [0.4, 0.5) is 0 Å². The fourth-order valence-electron chi connectivity index (χ4n) is 2.48. The molecule has 0 bridgehead atoms. The topological polar surface area (TPSA) is 47.9 Å². The Kier molecular flexibility index (Phi) is 3.86. The zero-order valence-corrected chi connectivity index (χ0v) is 11.9. The molecule has 3 rings (SSSR count). The van der Waals surface area contributed by atoms with Gasteiger partial charge in [-0.1, -0.05) is 47.6 Å². The Morgan fingerprint density at radius 1 is 1.29 bits per heavy atom. The molecule has 0 amide bonds. The van der Waals surface area contributed by atoms with E-state index in [1.807, 2.05) is 12.1 Å². The number of esters is 1. The van der Waals surface area contributed by atoms with Gasteiger partial charge in [0.05, 0.1) is 12.3 Å². The molecule has 0 radical (unpaired) electrons. The molecule has 0 aromatic heterocycles. The van der Waals surface area contributed by atoms with Crippen LogP contribution in [0, 0.1) is 0 Å². The Morgan fingerprint density at radius 3 is 2.90 bits per heavy atom.